The zero-order valence-corrected chi connectivity index (χ0v) is 12.8. The Morgan fingerprint density at radius 3 is 2.95 bits per heavy atom. The number of rotatable bonds is 4. The van der Waals surface area contributed by atoms with Crippen molar-refractivity contribution >= 4 is 21.9 Å². The van der Waals surface area contributed by atoms with Crippen molar-refractivity contribution in [3.05, 3.63) is 22.2 Å². The Hall–Kier alpha value is -1.27. The number of ether oxygens (including phenoxy) is 3. The first kappa shape index (κ1) is 15.1. The maximum atomic E-state index is 11.1. The maximum Gasteiger partial charge on any atom is 0.305 e. The molecule has 1 N–H and O–H groups in total. The Balaban J connectivity index is 2.14. The Morgan fingerprint density at radius 1 is 1.45 bits per heavy atom. The molecule has 1 aromatic rings. The number of halogens is 1. The van der Waals surface area contributed by atoms with Crippen molar-refractivity contribution in [3.63, 3.8) is 0 Å². The van der Waals surface area contributed by atoms with Gasteiger partial charge in [0.2, 0.25) is 0 Å². The molecule has 0 saturated carbocycles. The molecule has 1 unspecified atom stereocenters. The number of aliphatic hydroxyl groups is 1. The van der Waals surface area contributed by atoms with Crippen molar-refractivity contribution in [2.45, 2.75) is 25.4 Å². The molecule has 1 aliphatic heterocycles. The van der Waals surface area contributed by atoms with Crippen LogP contribution in [0.4, 0.5) is 0 Å². The number of hydrogen-bond donors (Lipinski definition) is 1. The molecule has 1 aromatic carbocycles. The van der Waals surface area contributed by atoms with Crippen LogP contribution in [0.15, 0.2) is 16.6 Å². The van der Waals surface area contributed by atoms with Gasteiger partial charge in [0, 0.05) is 12.8 Å². The van der Waals surface area contributed by atoms with Gasteiger partial charge in [-0.15, -0.1) is 0 Å². The summed E-state index contributed by atoms with van der Waals surface area (Å²) in [6.45, 7) is 1.19. The molecule has 0 fully saturated rings. The van der Waals surface area contributed by atoms with Crippen LogP contribution < -0.4 is 9.47 Å². The van der Waals surface area contributed by atoms with Gasteiger partial charge < -0.3 is 19.3 Å². The Morgan fingerprint density at radius 2 is 2.20 bits per heavy atom. The monoisotopic (exact) mass is 344 g/mol. The van der Waals surface area contributed by atoms with Gasteiger partial charge in [-0.05, 0) is 40.0 Å². The first-order chi connectivity index (χ1) is 9.61. The fourth-order valence-electron chi connectivity index (χ4n) is 1.97. The highest BCUT2D eigenvalue weighted by Gasteiger charge is 2.19. The third kappa shape index (κ3) is 3.64. The summed E-state index contributed by atoms with van der Waals surface area (Å²) in [5.41, 5.74) is 0.685. The number of hydrogen-bond acceptors (Lipinski definition) is 5. The van der Waals surface area contributed by atoms with Gasteiger partial charge in [0.05, 0.1) is 30.9 Å². The summed E-state index contributed by atoms with van der Waals surface area (Å²) in [7, 11) is 1.33. The summed E-state index contributed by atoms with van der Waals surface area (Å²) in [5.74, 6) is 0.938. The third-order valence-corrected chi connectivity index (χ3v) is 3.65. The van der Waals surface area contributed by atoms with Crippen LogP contribution in [0.25, 0.3) is 0 Å². The summed E-state index contributed by atoms with van der Waals surface area (Å²) < 4.78 is 16.5. The van der Waals surface area contributed by atoms with Crippen LogP contribution >= 0.6 is 15.9 Å². The van der Waals surface area contributed by atoms with Crippen molar-refractivity contribution < 1.29 is 24.1 Å². The molecule has 1 atom stereocenters. The van der Waals surface area contributed by atoms with Crippen molar-refractivity contribution in [3.8, 4) is 11.5 Å². The second kappa shape index (κ2) is 6.95. The molecule has 20 heavy (non-hydrogen) atoms. The average Bonchev–Trinajstić information content (AvgIpc) is 2.69. The van der Waals surface area contributed by atoms with Crippen LogP contribution in [0, 0.1) is 0 Å². The summed E-state index contributed by atoms with van der Waals surface area (Å²) in [5, 5.41) is 10.1. The smallest absolute Gasteiger partial charge is 0.305 e. The van der Waals surface area contributed by atoms with E-state index in [-0.39, 0.29) is 12.4 Å². The Bertz CT molecular complexity index is 489. The van der Waals surface area contributed by atoms with E-state index >= 15 is 0 Å². The SMILES string of the molecule is COC(=O)CCC(O)c1cc(Br)c2c(c1)OCCCO2. The largest absolute Gasteiger partial charge is 0.490 e. The molecule has 0 saturated heterocycles. The number of fused-ring (bicyclic) bond motifs is 1. The molecular formula is C14H17BrO5. The van der Waals surface area contributed by atoms with Crippen molar-refractivity contribution in [2.24, 2.45) is 0 Å². The average molecular weight is 345 g/mol. The first-order valence-corrected chi connectivity index (χ1v) is 7.25. The highest BCUT2D eigenvalue weighted by Crippen LogP contribution is 2.40. The summed E-state index contributed by atoms with van der Waals surface area (Å²) >= 11 is 3.42. The quantitative estimate of drug-likeness (QED) is 0.850. The molecule has 1 heterocycles. The summed E-state index contributed by atoms with van der Waals surface area (Å²) in [6, 6.07) is 3.54. The lowest BCUT2D eigenvalue weighted by Crippen LogP contribution is -2.05. The van der Waals surface area contributed by atoms with Crippen LogP contribution in [-0.2, 0) is 9.53 Å². The molecule has 0 radical (unpaired) electrons. The second-order valence-corrected chi connectivity index (χ2v) is 5.37. The molecule has 2 rings (SSSR count). The zero-order valence-electron chi connectivity index (χ0n) is 11.2. The number of carbonyl (C=O) groups excluding carboxylic acids is 1. The Kier molecular flexibility index (Phi) is 5.25. The molecule has 6 heteroatoms. The molecule has 0 spiro atoms. The standard InChI is InChI=1S/C14H17BrO5/c1-18-13(17)4-3-11(16)9-7-10(15)14-12(8-9)19-5-2-6-20-14/h7-8,11,16H,2-6H2,1H3. The van der Waals surface area contributed by atoms with Crippen LogP contribution in [0.1, 0.15) is 30.9 Å². The van der Waals surface area contributed by atoms with E-state index < -0.39 is 6.10 Å². The van der Waals surface area contributed by atoms with E-state index in [0.29, 0.717) is 36.7 Å². The van der Waals surface area contributed by atoms with Gasteiger partial charge in [0.1, 0.15) is 0 Å². The van der Waals surface area contributed by atoms with E-state index in [1.807, 2.05) is 0 Å². The van der Waals surface area contributed by atoms with Crippen molar-refractivity contribution in [1.82, 2.24) is 0 Å². The predicted molar refractivity (Wildman–Crippen MR) is 76.0 cm³/mol. The molecule has 0 amide bonds. The summed E-state index contributed by atoms with van der Waals surface area (Å²) in [6.07, 6.45) is 0.548. The van der Waals surface area contributed by atoms with Gasteiger partial charge >= 0.3 is 5.97 Å². The van der Waals surface area contributed by atoms with E-state index in [2.05, 4.69) is 20.7 Å². The molecule has 110 valence electrons. The van der Waals surface area contributed by atoms with Crippen molar-refractivity contribution in [2.75, 3.05) is 20.3 Å². The van der Waals surface area contributed by atoms with Crippen LogP contribution in [0.2, 0.25) is 0 Å². The second-order valence-electron chi connectivity index (χ2n) is 4.51. The lowest BCUT2D eigenvalue weighted by Gasteiger charge is -2.15. The Labute approximate surface area is 126 Å². The van der Waals surface area contributed by atoms with E-state index in [1.54, 1.807) is 12.1 Å². The van der Waals surface area contributed by atoms with E-state index in [9.17, 15) is 9.90 Å². The lowest BCUT2D eigenvalue weighted by molar-refractivity contribution is -0.141. The molecule has 0 aromatic heterocycles. The minimum absolute atomic E-state index is 0.170. The van der Waals surface area contributed by atoms with E-state index in [0.717, 1.165) is 10.9 Å². The predicted octanol–water partition coefficient (Wildman–Crippen LogP) is 2.60. The van der Waals surface area contributed by atoms with Gasteiger partial charge in [-0.2, -0.15) is 0 Å². The van der Waals surface area contributed by atoms with Crippen LogP contribution in [-0.4, -0.2) is 31.4 Å². The maximum absolute atomic E-state index is 11.1. The third-order valence-electron chi connectivity index (χ3n) is 3.06. The fraction of sp³-hybridized carbons (Fsp3) is 0.500. The van der Waals surface area contributed by atoms with Gasteiger partial charge in [-0.3, -0.25) is 4.79 Å². The van der Waals surface area contributed by atoms with E-state index in [4.69, 9.17) is 9.47 Å². The molecule has 5 nitrogen and oxygen atoms in total. The lowest BCUT2D eigenvalue weighted by atomic mass is 10.0. The highest BCUT2D eigenvalue weighted by atomic mass is 79.9. The minimum Gasteiger partial charge on any atom is -0.490 e. The summed E-state index contributed by atoms with van der Waals surface area (Å²) in [4.78, 5) is 11.1. The normalized spacial score (nSPS) is 15.3. The highest BCUT2D eigenvalue weighted by molar-refractivity contribution is 9.10. The van der Waals surface area contributed by atoms with Crippen LogP contribution in [0.3, 0.4) is 0 Å². The number of methoxy groups -OCH3 is 1. The molecule has 1 aliphatic rings. The molecular weight excluding hydrogens is 328 g/mol. The van der Waals surface area contributed by atoms with Crippen LogP contribution in [0.5, 0.6) is 11.5 Å². The number of aliphatic hydroxyl groups excluding tert-OH is 1. The van der Waals surface area contributed by atoms with Gasteiger partial charge in [-0.25, -0.2) is 0 Å². The molecule has 0 bridgehead atoms. The van der Waals surface area contributed by atoms with Gasteiger partial charge in [0.25, 0.3) is 0 Å². The number of benzene rings is 1. The number of carbonyl (C=O) groups is 1. The van der Waals surface area contributed by atoms with Crippen molar-refractivity contribution in [1.29, 1.82) is 0 Å². The minimum atomic E-state index is -0.748. The van der Waals surface area contributed by atoms with E-state index in [1.165, 1.54) is 7.11 Å². The molecule has 0 aliphatic carbocycles. The van der Waals surface area contributed by atoms with Gasteiger partial charge in [0.15, 0.2) is 11.5 Å². The zero-order chi connectivity index (χ0) is 14.5. The first-order valence-electron chi connectivity index (χ1n) is 6.45. The fourth-order valence-corrected chi connectivity index (χ4v) is 2.54. The number of esters is 1. The topological polar surface area (TPSA) is 65.0 Å². The van der Waals surface area contributed by atoms with Gasteiger partial charge in [-0.1, -0.05) is 0 Å².